The van der Waals surface area contributed by atoms with E-state index < -0.39 is 0 Å². The number of nitrogens with zero attached hydrogens (tertiary/aromatic N) is 1. The fraction of sp³-hybridized carbons (Fsp3) is 0.840. The van der Waals surface area contributed by atoms with Crippen LogP contribution in [0.2, 0.25) is 0 Å². The molecule has 0 aromatic carbocycles. The minimum atomic E-state index is -0.345. The molecule has 3 aliphatic rings. The van der Waals surface area contributed by atoms with E-state index >= 15 is 0 Å². The molecule has 0 unspecified atom stereocenters. The van der Waals surface area contributed by atoms with Crippen molar-refractivity contribution in [3.63, 3.8) is 0 Å². The molecular formula is C25H43NO2. The van der Waals surface area contributed by atoms with Crippen molar-refractivity contribution in [2.45, 2.75) is 96.2 Å². The van der Waals surface area contributed by atoms with Crippen LogP contribution in [0.25, 0.3) is 0 Å². The van der Waals surface area contributed by atoms with Gasteiger partial charge in [0.15, 0.2) is 0 Å². The second kappa shape index (κ2) is 11.5. The molecule has 1 saturated carbocycles. The lowest BCUT2D eigenvalue weighted by molar-refractivity contribution is 0.139. The summed E-state index contributed by atoms with van der Waals surface area (Å²) in [6.07, 6.45) is 20.4. The maximum atomic E-state index is 10.5. The summed E-state index contributed by atoms with van der Waals surface area (Å²) in [7, 11) is 0. The summed E-state index contributed by atoms with van der Waals surface area (Å²) >= 11 is 0. The Balaban J connectivity index is 1.36. The van der Waals surface area contributed by atoms with E-state index in [2.05, 4.69) is 24.0 Å². The molecule has 160 valence electrons. The summed E-state index contributed by atoms with van der Waals surface area (Å²) in [5.41, 5.74) is 1.63. The van der Waals surface area contributed by atoms with Gasteiger partial charge in [-0.3, -0.25) is 0 Å². The first-order valence-electron chi connectivity index (χ1n) is 12.1. The fourth-order valence-electron chi connectivity index (χ4n) is 5.62. The number of rotatable bonds is 12. The lowest BCUT2D eigenvalue weighted by Crippen LogP contribution is -2.20. The van der Waals surface area contributed by atoms with Crippen molar-refractivity contribution in [2.75, 3.05) is 19.6 Å². The van der Waals surface area contributed by atoms with Crippen LogP contribution in [0.5, 0.6) is 0 Å². The van der Waals surface area contributed by atoms with E-state index in [0.717, 1.165) is 25.7 Å². The SMILES string of the molecule is CCCCC[C@H](O)/C=C/[C@@H]1[C@H]2CC(CCCCCN3CCCC3)=C[C@H]2C[C@H]1O. The van der Waals surface area contributed by atoms with Gasteiger partial charge in [0.25, 0.3) is 0 Å². The molecule has 0 bridgehead atoms. The Morgan fingerprint density at radius 1 is 1.14 bits per heavy atom. The lowest BCUT2D eigenvalue weighted by atomic mass is 9.88. The van der Waals surface area contributed by atoms with Gasteiger partial charge >= 0.3 is 0 Å². The summed E-state index contributed by atoms with van der Waals surface area (Å²) in [4.78, 5) is 2.62. The average molecular weight is 390 g/mol. The van der Waals surface area contributed by atoms with Gasteiger partial charge < -0.3 is 15.1 Å². The number of fused-ring (bicyclic) bond motifs is 1. The summed E-state index contributed by atoms with van der Waals surface area (Å²) < 4.78 is 0. The van der Waals surface area contributed by atoms with Gasteiger partial charge in [-0.25, -0.2) is 0 Å². The predicted molar refractivity (Wildman–Crippen MR) is 117 cm³/mol. The molecule has 1 saturated heterocycles. The third kappa shape index (κ3) is 6.43. The summed E-state index contributed by atoms with van der Waals surface area (Å²) in [5.74, 6) is 1.35. The van der Waals surface area contributed by atoms with Crippen molar-refractivity contribution in [2.24, 2.45) is 17.8 Å². The predicted octanol–water partition coefficient (Wildman–Crippen LogP) is 5.08. The number of hydrogen-bond acceptors (Lipinski definition) is 3. The number of likely N-dealkylation sites (tertiary alicyclic amines) is 1. The molecule has 0 aromatic rings. The molecule has 3 heteroatoms. The van der Waals surface area contributed by atoms with Crippen LogP contribution in [0.1, 0.15) is 84.0 Å². The Labute approximate surface area is 172 Å². The van der Waals surface area contributed by atoms with Gasteiger partial charge in [0, 0.05) is 5.92 Å². The van der Waals surface area contributed by atoms with Gasteiger partial charge in [-0.15, -0.1) is 0 Å². The topological polar surface area (TPSA) is 43.7 Å². The molecular weight excluding hydrogens is 346 g/mol. The quantitative estimate of drug-likeness (QED) is 0.361. The van der Waals surface area contributed by atoms with Crippen molar-refractivity contribution in [1.29, 1.82) is 0 Å². The van der Waals surface area contributed by atoms with Crippen LogP contribution in [0.4, 0.5) is 0 Å². The van der Waals surface area contributed by atoms with E-state index in [0.29, 0.717) is 11.8 Å². The van der Waals surface area contributed by atoms with Gasteiger partial charge in [0.05, 0.1) is 12.2 Å². The van der Waals surface area contributed by atoms with Crippen LogP contribution >= 0.6 is 0 Å². The van der Waals surface area contributed by atoms with Crippen LogP contribution < -0.4 is 0 Å². The monoisotopic (exact) mass is 389 g/mol. The zero-order valence-corrected chi connectivity index (χ0v) is 18.1. The maximum absolute atomic E-state index is 10.5. The maximum Gasteiger partial charge on any atom is 0.0721 e. The number of aliphatic hydroxyl groups excluding tert-OH is 2. The minimum absolute atomic E-state index is 0.229. The van der Waals surface area contributed by atoms with Crippen molar-refractivity contribution < 1.29 is 10.2 Å². The van der Waals surface area contributed by atoms with Gasteiger partial charge in [-0.05, 0) is 82.8 Å². The Morgan fingerprint density at radius 2 is 1.96 bits per heavy atom. The largest absolute Gasteiger partial charge is 0.392 e. The van der Waals surface area contributed by atoms with Crippen molar-refractivity contribution in [3.8, 4) is 0 Å². The fourth-order valence-corrected chi connectivity index (χ4v) is 5.62. The molecule has 0 spiro atoms. The van der Waals surface area contributed by atoms with Crippen LogP contribution in [0, 0.1) is 17.8 Å². The summed E-state index contributed by atoms with van der Waals surface area (Å²) in [6.45, 7) is 6.12. The standard InChI is InChI=1S/C25H43NO2/c1-2-3-5-11-22(27)12-13-23-24-18-20(17-21(24)19-25(23)28)10-6-4-7-14-26-15-8-9-16-26/h12-13,17,21-25,27-28H,2-11,14-16,18-19H2,1H3/b13-12+/t21-,22-,23+,24-,25+/m0/s1. The first-order valence-corrected chi connectivity index (χ1v) is 12.1. The summed E-state index contributed by atoms with van der Waals surface area (Å²) in [5, 5.41) is 20.7. The highest BCUT2D eigenvalue weighted by molar-refractivity contribution is 5.21. The van der Waals surface area contributed by atoms with E-state index in [1.807, 2.05) is 6.08 Å². The molecule has 3 nitrogen and oxygen atoms in total. The molecule has 0 amide bonds. The smallest absolute Gasteiger partial charge is 0.0721 e. The second-order valence-corrected chi connectivity index (χ2v) is 9.54. The van der Waals surface area contributed by atoms with Gasteiger partial charge in [0.2, 0.25) is 0 Å². The Kier molecular flexibility index (Phi) is 9.07. The Hall–Kier alpha value is -0.640. The highest BCUT2D eigenvalue weighted by Gasteiger charge is 2.43. The van der Waals surface area contributed by atoms with Crippen molar-refractivity contribution in [1.82, 2.24) is 4.90 Å². The first kappa shape index (κ1) is 22.1. The van der Waals surface area contributed by atoms with Crippen molar-refractivity contribution in [3.05, 3.63) is 23.8 Å². The van der Waals surface area contributed by atoms with Crippen LogP contribution in [-0.4, -0.2) is 47.0 Å². The number of hydrogen-bond donors (Lipinski definition) is 2. The molecule has 1 aliphatic heterocycles. The van der Waals surface area contributed by atoms with Crippen LogP contribution in [-0.2, 0) is 0 Å². The molecule has 2 fully saturated rings. The molecule has 2 N–H and O–H groups in total. The van der Waals surface area contributed by atoms with E-state index in [1.165, 1.54) is 71.0 Å². The number of aliphatic hydroxyl groups is 2. The zero-order valence-electron chi connectivity index (χ0n) is 18.1. The summed E-state index contributed by atoms with van der Waals surface area (Å²) in [6, 6.07) is 0. The molecule has 1 heterocycles. The Bertz CT molecular complexity index is 509. The molecule has 28 heavy (non-hydrogen) atoms. The van der Waals surface area contributed by atoms with Crippen LogP contribution in [0.3, 0.4) is 0 Å². The van der Waals surface area contributed by atoms with Gasteiger partial charge in [-0.2, -0.15) is 0 Å². The number of unbranched alkanes of at least 4 members (excludes halogenated alkanes) is 4. The average Bonchev–Trinajstić information content (AvgIpc) is 3.37. The minimum Gasteiger partial charge on any atom is -0.392 e. The normalized spacial score (nSPS) is 31.6. The third-order valence-corrected chi connectivity index (χ3v) is 7.28. The highest BCUT2D eigenvalue weighted by Crippen LogP contribution is 2.48. The molecule has 0 radical (unpaired) electrons. The molecule has 3 rings (SSSR count). The van der Waals surface area contributed by atoms with E-state index in [9.17, 15) is 10.2 Å². The lowest BCUT2D eigenvalue weighted by Gasteiger charge is -2.19. The van der Waals surface area contributed by atoms with Crippen LogP contribution in [0.15, 0.2) is 23.8 Å². The zero-order chi connectivity index (χ0) is 19.8. The van der Waals surface area contributed by atoms with E-state index in [-0.39, 0.29) is 18.1 Å². The number of allylic oxidation sites excluding steroid dienone is 2. The van der Waals surface area contributed by atoms with E-state index in [4.69, 9.17) is 0 Å². The molecule has 2 aliphatic carbocycles. The van der Waals surface area contributed by atoms with Gasteiger partial charge in [0.1, 0.15) is 0 Å². The third-order valence-electron chi connectivity index (χ3n) is 7.28. The Morgan fingerprint density at radius 3 is 2.75 bits per heavy atom. The van der Waals surface area contributed by atoms with E-state index in [1.54, 1.807) is 5.57 Å². The molecule has 0 aromatic heterocycles. The van der Waals surface area contributed by atoms with Gasteiger partial charge in [-0.1, -0.05) is 56.4 Å². The first-order chi connectivity index (χ1) is 13.7. The molecule has 5 atom stereocenters. The second-order valence-electron chi connectivity index (χ2n) is 9.54. The van der Waals surface area contributed by atoms with Crippen molar-refractivity contribution >= 4 is 0 Å². The highest BCUT2D eigenvalue weighted by atomic mass is 16.3.